The minimum absolute atomic E-state index is 0.735. The van der Waals surface area contributed by atoms with Crippen LogP contribution in [0.25, 0.3) is 0 Å². The van der Waals surface area contributed by atoms with Crippen molar-refractivity contribution in [2.24, 2.45) is 5.92 Å². The van der Waals surface area contributed by atoms with Crippen molar-refractivity contribution < 1.29 is 4.74 Å². The minimum Gasteiger partial charge on any atom is -0.381 e. The molecule has 0 aromatic rings. The highest BCUT2D eigenvalue weighted by Crippen LogP contribution is 2.20. The quantitative estimate of drug-likeness (QED) is 0.488. The van der Waals surface area contributed by atoms with E-state index in [2.05, 4.69) is 13.5 Å². The molecule has 1 heteroatoms. The zero-order valence-corrected chi connectivity index (χ0v) is 6.02. The van der Waals surface area contributed by atoms with E-state index in [1.807, 2.05) is 0 Å². The molecule has 1 rings (SSSR count). The second-order valence-corrected chi connectivity index (χ2v) is 2.73. The molecule has 1 fully saturated rings. The zero-order chi connectivity index (χ0) is 6.69. The van der Waals surface area contributed by atoms with E-state index in [1.54, 1.807) is 0 Å². The average Bonchev–Trinajstić information content (AvgIpc) is 1.90. The Labute approximate surface area is 56.7 Å². The van der Waals surface area contributed by atoms with Crippen molar-refractivity contribution in [3.63, 3.8) is 0 Å². The normalized spacial score (nSPS) is 21.9. The van der Waals surface area contributed by atoms with Gasteiger partial charge in [-0.1, -0.05) is 12.2 Å². The highest BCUT2D eigenvalue weighted by Gasteiger charge is 2.12. The standard InChI is InChI=1S/C8H14O/c1-7(2)8-3-5-9-6-4-8/h8H,1,3-6H2,2H3. The summed E-state index contributed by atoms with van der Waals surface area (Å²) < 4.78 is 5.21. The third kappa shape index (κ3) is 1.83. The Morgan fingerprint density at radius 1 is 1.44 bits per heavy atom. The van der Waals surface area contributed by atoms with E-state index in [0.29, 0.717) is 0 Å². The first kappa shape index (κ1) is 6.81. The van der Waals surface area contributed by atoms with Gasteiger partial charge in [0, 0.05) is 13.2 Å². The summed E-state index contributed by atoms with van der Waals surface area (Å²) in [6.45, 7) is 7.89. The number of hydrogen-bond donors (Lipinski definition) is 0. The third-order valence-corrected chi connectivity index (χ3v) is 1.92. The van der Waals surface area contributed by atoms with Gasteiger partial charge in [0.2, 0.25) is 0 Å². The van der Waals surface area contributed by atoms with Gasteiger partial charge >= 0.3 is 0 Å². The molecule has 0 amide bonds. The number of allylic oxidation sites excluding steroid dienone is 1. The monoisotopic (exact) mass is 126 g/mol. The number of rotatable bonds is 1. The largest absolute Gasteiger partial charge is 0.381 e. The van der Waals surface area contributed by atoms with E-state index >= 15 is 0 Å². The molecule has 0 aliphatic carbocycles. The van der Waals surface area contributed by atoms with Crippen LogP contribution in [0.3, 0.4) is 0 Å². The first-order valence-electron chi connectivity index (χ1n) is 3.54. The highest BCUT2D eigenvalue weighted by atomic mass is 16.5. The molecular weight excluding hydrogens is 112 g/mol. The van der Waals surface area contributed by atoms with E-state index in [4.69, 9.17) is 4.74 Å². The van der Waals surface area contributed by atoms with E-state index in [-0.39, 0.29) is 0 Å². The van der Waals surface area contributed by atoms with E-state index < -0.39 is 0 Å². The maximum atomic E-state index is 5.21. The Morgan fingerprint density at radius 2 is 2.00 bits per heavy atom. The zero-order valence-electron chi connectivity index (χ0n) is 6.02. The molecule has 1 saturated heterocycles. The second kappa shape index (κ2) is 3.02. The fraction of sp³-hybridized carbons (Fsp3) is 0.750. The molecule has 0 atom stereocenters. The Balaban J connectivity index is 2.31. The Hall–Kier alpha value is -0.300. The molecule has 0 aromatic heterocycles. The van der Waals surface area contributed by atoms with Crippen molar-refractivity contribution in [2.75, 3.05) is 13.2 Å². The lowest BCUT2D eigenvalue weighted by Gasteiger charge is -2.21. The molecule has 1 aliphatic heterocycles. The third-order valence-electron chi connectivity index (χ3n) is 1.92. The van der Waals surface area contributed by atoms with E-state index in [0.717, 1.165) is 19.1 Å². The summed E-state index contributed by atoms with van der Waals surface area (Å²) in [5.74, 6) is 0.735. The van der Waals surface area contributed by atoms with Crippen LogP contribution >= 0.6 is 0 Å². The van der Waals surface area contributed by atoms with Gasteiger partial charge in [0.1, 0.15) is 0 Å². The van der Waals surface area contributed by atoms with Crippen molar-refractivity contribution in [3.05, 3.63) is 12.2 Å². The van der Waals surface area contributed by atoms with Crippen LogP contribution in [0.5, 0.6) is 0 Å². The van der Waals surface area contributed by atoms with Gasteiger partial charge in [-0.15, -0.1) is 0 Å². The van der Waals surface area contributed by atoms with Gasteiger partial charge in [-0.25, -0.2) is 0 Å². The van der Waals surface area contributed by atoms with Gasteiger partial charge in [-0.2, -0.15) is 0 Å². The first-order valence-corrected chi connectivity index (χ1v) is 3.54. The van der Waals surface area contributed by atoms with Crippen LogP contribution in [-0.2, 0) is 4.74 Å². The summed E-state index contributed by atoms with van der Waals surface area (Å²) >= 11 is 0. The number of hydrogen-bond acceptors (Lipinski definition) is 1. The molecular formula is C8H14O. The van der Waals surface area contributed by atoms with Gasteiger partial charge in [-0.3, -0.25) is 0 Å². The van der Waals surface area contributed by atoms with Crippen molar-refractivity contribution in [2.45, 2.75) is 19.8 Å². The summed E-state index contributed by atoms with van der Waals surface area (Å²) in [5.41, 5.74) is 1.32. The van der Waals surface area contributed by atoms with Gasteiger partial charge in [-0.05, 0) is 25.7 Å². The molecule has 0 radical (unpaired) electrons. The maximum absolute atomic E-state index is 5.21. The van der Waals surface area contributed by atoms with Crippen LogP contribution in [0.4, 0.5) is 0 Å². The van der Waals surface area contributed by atoms with Crippen LogP contribution in [-0.4, -0.2) is 13.2 Å². The Bertz CT molecular complexity index is 101. The van der Waals surface area contributed by atoms with Gasteiger partial charge in [0.05, 0.1) is 0 Å². The lowest BCUT2D eigenvalue weighted by molar-refractivity contribution is 0.0759. The lowest BCUT2D eigenvalue weighted by atomic mass is 9.94. The van der Waals surface area contributed by atoms with Gasteiger partial charge < -0.3 is 4.74 Å². The molecule has 1 heterocycles. The summed E-state index contributed by atoms with van der Waals surface area (Å²) in [6, 6.07) is 0. The maximum Gasteiger partial charge on any atom is 0.0471 e. The van der Waals surface area contributed by atoms with Gasteiger partial charge in [0.25, 0.3) is 0 Å². The smallest absolute Gasteiger partial charge is 0.0471 e. The fourth-order valence-electron chi connectivity index (χ4n) is 1.19. The van der Waals surface area contributed by atoms with Crippen LogP contribution in [0.15, 0.2) is 12.2 Å². The molecule has 0 N–H and O–H groups in total. The number of ether oxygens (including phenoxy) is 1. The van der Waals surface area contributed by atoms with Crippen LogP contribution < -0.4 is 0 Å². The molecule has 0 aromatic carbocycles. The molecule has 52 valence electrons. The summed E-state index contributed by atoms with van der Waals surface area (Å²) in [4.78, 5) is 0. The first-order chi connectivity index (χ1) is 4.30. The van der Waals surface area contributed by atoms with Crippen molar-refractivity contribution in [3.8, 4) is 0 Å². The van der Waals surface area contributed by atoms with Crippen molar-refractivity contribution >= 4 is 0 Å². The van der Waals surface area contributed by atoms with Crippen LogP contribution in [0.2, 0.25) is 0 Å². The summed E-state index contributed by atoms with van der Waals surface area (Å²) in [5, 5.41) is 0. The molecule has 0 spiro atoms. The second-order valence-electron chi connectivity index (χ2n) is 2.73. The van der Waals surface area contributed by atoms with Gasteiger partial charge in [0.15, 0.2) is 0 Å². The van der Waals surface area contributed by atoms with Crippen LogP contribution in [0.1, 0.15) is 19.8 Å². The molecule has 0 bridgehead atoms. The fourth-order valence-corrected chi connectivity index (χ4v) is 1.19. The average molecular weight is 126 g/mol. The summed E-state index contributed by atoms with van der Waals surface area (Å²) in [7, 11) is 0. The molecule has 1 nitrogen and oxygen atoms in total. The SMILES string of the molecule is C=C(C)C1CCOCC1. The molecule has 0 saturated carbocycles. The Morgan fingerprint density at radius 3 is 2.33 bits per heavy atom. The lowest BCUT2D eigenvalue weighted by Crippen LogP contribution is -2.15. The molecule has 0 unspecified atom stereocenters. The van der Waals surface area contributed by atoms with Crippen molar-refractivity contribution in [1.82, 2.24) is 0 Å². The predicted molar refractivity (Wildman–Crippen MR) is 38.4 cm³/mol. The Kier molecular flexibility index (Phi) is 2.29. The molecule has 1 aliphatic rings. The summed E-state index contributed by atoms with van der Waals surface area (Å²) in [6.07, 6.45) is 2.35. The van der Waals surface area contributed by atoms with Crippen molar-refractivity contribution in [1.29, 1.82) is 0 Å². The van der Waals surface area contributed by atoms with Crippen LogP contribution in [0, 0.1) is 5.92 Å². The highest BCUT2D eigenvalue weighted by molar-refractivity contribution is 4.96. The molecule has 9 heavy (non-hydrogen) atoms. The van der Waals surface area contributed by atoms with E-state index in [1.165, 1.54) is 18.4 Å². The minimum atomic E-state index is 0.735. The topological polar surface area (TPSA) is 9.23 Å². The van der Waals surface area contributed by atoms with E-state index in [9.17, 15) is 0 Å². The predicted octanol–water partition coefficient (Wildman–Crippen LogP) is 1.99.